The van der Waals surface area contributed by atoms with Gasteiger partial charge in [0.25, 0.3) is 0 Å². The lowest BCUT2D eigenvalue weighted by Gasteiger charge is -2.29. The maximum Gasteiger partial charge on any atom is 0.311 e. The lowest BCUT2D eigenvalue weighted by Crippen LogP contribution is -2.41. The van der Waals surface area contributed by atoms with Gasteiger partial charge in [0.1, 0.15) is 5.78 Å². The van der Waals surface area contributed by atoms with Gasteiger partial charge in [0.15, 0.2) is 0 Å². The molecule has 2 rings (SSSR count). The molecule has 1 unspecified atom stereocenters. The molecule has 0 spiro atoms. The van der Waals surface area contributed by atoms with E-state index in [9.17, 15) is 27.8 Å². The van der Waals surface area contributed by atoms with Gasteiger partial charge in [0.05, 0.1) is 11.7 Å². The quantitative estimate of drug-likeness (QED) is 0.340. The van der Waals surface area contributed by atoms with E-state index in [4.69, 9.17) is 5.73 Å². The smallest absolute Gasteiger partial charge is 0.311 e. The van der Waals surface area contributed by atoms with Crippen LogP contribution in [0.1, 0.15) is 36.5 Å². The lowest BCUT2D eigenvalue weighted by molar-refractivity contribution is -0.138. The number of rotatable bonds is 12. The highest BCUT2D eigenvalue weighted by atomic mass is 32.2. The average molecular weight is 483 g/mol. The Kier molecular flexibility index (Phi) is 9.18. The van der Waals surface area contributed by atoms with Crippen molar-refractivity contribution in [2.45, 2.75) is 38.5 Å². The highest BCUT2D eigenvalue weighted by Crippen LogP contribution is 2.51. The summed E-state index contributed by atoms with van der Waals surface area (Å²) in [6.45, 7) is 3.45. The molecule has 176 valence electrons. The van der Waals surface area contributed by atoms with Gasteiger partial charge in [-0.1, -0.05) is 68.4 Å². The predicted molar refractivity (Wildman–Crippen MR) is 125 cm³/mol. The van der Waals surface area contributed by atoms with Crippen LogP contribution in [0.5, 0.6) is 0 Å². The molecule has 2 aromatic rings. The maximum absolute atomic E-state index is 13.3. The van der Waals surface area contributed by atoms with E-state index in [-0.39, 0.29) is 18.7 Å². The highest BCUT2D eigenvalue weighted by molar-refractivity contribution is 7.89. The van der Waals surface area contributed by atoms with E-state index in [2.05, 4.69) is 4.72 Å². The minimum atomic E-state index is -4.25. The monoisotopic (exact) mass is 482 g/mol. The molecular weight excluding hydrogens is 451 g/mol. The van der Waals surface area contributed by atoms with Crippen molar-refractivity contribution in [3.05, 3.63) is 71.3 Å². The first kappa shape index (κ1) is 26.2. The van der Waals surface area contributed by atoms with Crippen molar-refractivity contribution in [1.82, 2.24) is 4.72 Å². The average Bonchev–Trinajstić information content (AvgIpc) is 2.75. The molecule has 2 aromatic carbocycles. The number of carboxylic acids is 1. The second kappa shape index (κ2) is 11.2. The molecule has 5 N–H and O–H groups in total. The van der Waals surface area contributed by atoms with E-state index in [0.717, 1.165) is 5.56 Å². The summed E-state index contributed by atoms with van der Waals surface area (Å²) in [5.41, 5.74) is 7.50. The molecule has 10 heteroatoms. The van der Waals surface area contributed by atoms with Crippen molar-refractivity contribution >= 4 is 23.4 Å². The fourth-order valence-electron chi connectivity index (χ4n) is 3.46. The van der Waals surface area contributed by atoms with Crippen molar-refractivity contribution in [2.24, 2.45) is 11.7 Å². The number of carboxylic acid groups (broad SMARTS) is 1. The molecule has 0 radical (unpaired) electrons. The van der Waals surface area contributed by atoms with Gasteiger partial charge in [-0.15, -0.1) is 0 Å². The summed E-state index contributed by atoms with van der Waals surface area (Å²) >= 11 is 0. The van der Waals surface area contributed by atoms with Crippen LogP contribution in [0, 0.1) is 5.92 Å². The van der Waals surface area contributed by atoms with Gasteiger partial charge >= 0.3 is 5.97 Å². The Bertz CT molecular complexity index is 1060. The maximum atomic E-state index is 13.3. The number of carbonyl (C=O) groups is 1. The molecule has 0 amide bonds. The van der Waals surface area contributed by atoms with Crippen LogP contribution in [0.15, 0.2) is 54.6 Å². The van der Waals surface area contributed by atoms with Crippen LogP contribution >= 0.6 is 7.37 Å². The number of aliphatic carboxylic acids is 1. The van der Waals surface area contributed by atoms with E-state index in [1.807, 2.05) is 6.07 Å². The Morgan fingerprint density at radius 1 is 1.09 bits per heavy atom. The summed E-state index contributed by atoms with van der Waals surface area (Å²) in [6.07, 6.45) is -0.346. The Hall–Kier alpha value is -2.03. The van der Waals surface area contributed by atoms with Crippen LogP contribution < -0.4 is 10.5 Å². The molecule has 0 aliphatic heterocycles. The van der Waals surface area contributed by atoms with Gasteiger partial charge in [0, 0.05) is 12.7 Å². The van der Waals surface area contributed by atoms with Crippen LogP contribution in [0.4, 0.5) is 0 Å². The fourth-order valence-corrected chi connectivity index (χ4v) is 7.91. The van der Waals surface area contributed by atoms with Crippen LogP contribution in [-0.2, 0) is 32.3 Å². The first-order chi connectivity index (χ1) is 14.9. The van der Waals surface area contributed by atoms with Crippen molar-refractivity contribution in [1.29, 1.82) is 0 Å². The molecule has 0 saturated heterocycles. The van der Waals surface area contributed by atoms with Crippen molar-refractivity contribution in [3.63, 3.8) is 0 Å². The highest BCUT2D eigenvalue weighted by Gasteiger charge is 2.40. The number of hydrogen-bond donors (Lipinski definition) is 4. The Labute approximate surface area is 189 Å². The first-order valence-corrected chi connectivity index (χ1v) is 13.9. The van der Waals surface area contributed by atoms with Crippen LogP contribution in [0.3, 0.4) is 0 Å². The molecule has 0 aliphatic rings. The third-order valence-corrected chi connectivity index (χ3v) is 9.21. The summed E-state index contributed by atoms with van der Waals surface area (Å²) in [6, 6.07) is 15.6. The zero-order valence-corrected chi connectivity index (χ0v) is 19.9. The summed E-state index contributed by atoms with van der Waals surface area (Å²) in [7, 11) is -8.14. The Balaban J connectivity index is 2.22. The topological polar surface area (TPSA) is 147 Å². The third kappa shape index (κ3) is 7.53. The molecule has 3 atom stereocenters. The number of benzene rings is 2. The van der Waals surface area contributed by atoms with E-state index in [1.54, 1.807) is 62.4 Å². The number of sulfonamides is 1. The van der Waals surface area contributed by atoms with E-state index < -0.39 is 47.1 Å². The molecule has 0 aromatic heterocycles. The van der Waals surface area contributed by atoms with Gasteiger partial charge in [-0.2, -0.15) is 0 Å². The van der Waals surface area contributed by atoms with Gasteiger partial charge in [-0.3, -0.25) is 9.36 Å². The van der Waals surface area contributed by atoms with Crippen LogP contribution in [-0.4, -0.2) is 42.1 Å². The zero-order chi connectivity index (χ0) is 23.9. The largest absolute Gasteiger partial charge is 0.481 e. The molecular formula is C22H31N2O6PS. The summed E-state index contributed by atoms with van der Waals surface area (Å²) in [5.74, 6) is -4.61. The zero-order valence-electron chi connectivity index (χ0n) is 18.2. The van der Waals surface area contributed by atoms with Gasteiger partial charge in [-0.05, 0) is 29.0 Å². The molecule has 32 heavy (non-hydrogen) atoms. The lowest BCUT2D eigenvalue weighted by atomic mass is 9.99. The second-order valence-electron chi connectivity index (χ2n) is 8.14. The van der Waals surface area contributed by atoms with Gasteiger partial charge < -0.3 is 15.7 Å². The standard InChI is InChI=1S/C22H31N2O6PS/c1-16(2)21(24-32(29,30)12-11-17-7-4-3-5-8-17)31(27,28)15-20(22(25)26)19-10-6-9-18(13-19)14-23/h3-10,13,16,20-21,24H,11-12,14-15,23H2,1-2H3,(H,25,26)(H,27,28)/t20-,21-/m0/s1. The SMILES string of the molecule is CC(C)[C@@H](NS(=O)(=O)CCc1ccccc1)P(=O)(O)C[C@H](C(=O)O)c1cccc(CN)c1. The Morgan fingerprint density at radius 2 is 1.72 bits per heavy atom. The predicted octanol–water partition coefficient (Wildman–Crippen LogP) is 2.73. The number of nitrogens with one attached hydrogen (secondary N) is 1. The number of hydrogen-bond acceptors (Lipinski definition) is 5. The minimum Gasteiger partial charge on any atom is -0.481 e. The van der Waals surface area contributed by atoms with Crippen molar-refractivity contribution in [2.75, 3.05) is 11.9 Å². The summed E-state index contributed by atoms with van der Waals surface area (Å²) in [4.78, 5) is 22.8. The molecule has 8 nitrogen and oxygen atoms in total. The molecule has 0 saturated carbocycles. The summed E-state index contributed by atoms with van der Waals surface area (Å²) in [5, 5.41) is 9.71. The molecule has 0 fully saturated rings. The minimum absolute atomic E-state index is 0.201. The molecule has 0 heterocycles. The van der Waals surface area contributed by atoms with Crippen molar-refractivity contribution < 1.29 is 27.8 Å². The fraction of sp³-hybridized carbons (Fsp3) is 0.409. The van der Waals surface area contributed by atoms with Crippen LogP contribution in [0.2, 0.25) is 0 Å². The van der Waals surface area contributed by atoms with Gasteiger partial charge in [0.2, 0.25) is 17.4 Å². The van der Waals surface area contributed by atoms with E-state index in [1.165, 1.54) is 0 Å². The van der Waals surface area contributed by atoms with Crippen molar-refractivity contribution in [3.8, 4) is 0 Å². The first-order valence-electron chi connectivity index (χ1n) is 10.3. The second-order valence-corrected chi connectivity index (χ2v) is 12.4. The van der Waals surface area contributed by atoms with E-state index >= 15 is 0 Å². The third-order valence-electron chi connectivity index (χ3n) is 5.20. The Morgan fingerprint density at radius 3 is 2.28 bits per heavy atom. The molecule has 0 aliphatic carbocycles. The number of aryl methyl sites for hydroxylation is 1. The molecule has 0 bridgehead atoms. The van der Waals surface area contributed by atoms with Crippen LogP contribution in [0.25, 0.3) is 0 Å². The summed E-state index contributed by atoms with van der Waals surface area (Å²) < 4.78 is 41.0. The van der Waals surface area contributed by atoms with Gasteiger partial charge in [-0.25, -0.2) is 13.1 Å². The van der Waals surface area contributed by atoms with E-state index in [0.29, 0.717) is 11.1 Å². The number of nitrogens with two attached hydrogens (primary N) is 1. The normalized spacial score (nSPS) is 15.8.